The first-order valence-corrected chi connectivity index (χ1v) is 8.82. The summed E-state index contributed by atoms with van der Waals surface area (Å²) in [6, 6.07) is 8.19. The lowest BCUT2D eigenvalue weighted by atomic mass is 10.2. The Morgan fingerprint density at radius 1 is 1.30 bits per heavy atom. The summed E-state index contributed by atoms with van der Waals surface area (Å²) in [5, 5.41) is 15.9. The smallest absolute Gasteiger partial charge is 0.247 e. The van der Waals surface area contributed by atoms with Gasteiger partial charge < -0.3 is 5.32 Å². The van der Waals surface area contributed by atoms with Crippen molar-refractivity contribution in [1.82, 2.24) is 20.2 Å². The van der Waals surface area contributed by atoms with Crippen LogP contribution in [0.2, 0.25) is 0 Å². The standard InChI is InChI=1S/C13H17N5S2/c1-10-2-4-11(5-3-10)18-13(15-16-17-18)14-8-12-9-19-6-7-20-12/h2-5,12H,6-9H2,1H3,(H,14,15,17). The molecule has 1 fully saturated rings. The van der Waals surface area contributed by atoms with Gasteiger partial charge in [-0.2, -0.15) is 28.2 Å². The molecule has 1 saturated heterocycles. The Balaban J connectivity index is 1.68. The van der Waals surface area contributed by atoms with E-state index in [0.29, 0.717) is 11.2 Å². The van der Waals surface area contributed by atoms with Gasteiger partial charge in [0.1, 0.15) is 0 Å². The molecule has 0 aliphatic carbocycles. The van der Waals surface area contributed by atoms with E-state index in [1.807, 2.05) is 35.7 Å². The lowest BCUT2D eigenvalue weighted by Crippen LogP contribution is -2.24. The molecule has 1 aliphatic heterocycles. The Morgan fingerprint density at radius 2 is 2.15 bits per heavy atom. The van der Waals surface area contributed by atoms with Crippen molar-refractivity contribution in [3.8, 4) is 5.69 Å². The number of rotatable bonds is 4. The second-order valence-corrected chi connectivity index (χ2v) is 7.26. The van der Waals surface area contributed by atoms with Crippen molar-refractivity contribution in [2.24, 2.45) is 0 Å². The molecule has 1 aromatic heterocycles. The van der Waals surface area contributed by atoms with Crippen LogP contribution in [0.3, 0.4) is 0 Å². The third-order valence-electron chi connectivity index (χ3n) is 3.12. The van der Waals surface area contributed by atoms with Crippen molar-refractivity contribution in [3.05, 3.63) is 29.8 Å². The molecule has 5 nitrogen and oxygen atoms in total. The number of nitrogens with one attached hydrogen (secondary N) is 1. The van der Waals surface area contributed by atoms with Gasteiger partial charge in [0.2, 0.25) is 5.95 Å². The topological polar surface area (TPSA) is 55.6 Å². The average molecular weight is 307 g/mol. The molecule has 1 aliphatic rings. The van der Waals surface area contributed by atoms with Gasteiger partial charge >= 0.3 is 0 Å². The molecule has 1 atom stereocenters. The molecule has 3 rings (SSSR count). The Bertz CT molecular complexity index is 548. The summed E-state index contributed by atoms with van der Waals surface area (Å²) < 4.78 is 1.75. The summed E-state index contributed by atoms with van der Waals surface area (Å²) >= 11 is 4.05. The quantitative estimate of drug-likeness (QED) is 0.935. The SMILES string of the molecule is Cc1ccc(-n2nnnc2NCC2CSCCS2)cc1. The number of tetrazole rings is 1. The van der Waals surface area contributed by atoms with Crippen LogP contribution in [0.5, 0.6) is 0 Å². The normalized spacial score (nSPS) is 18.9. The number of anilines is 1. The third kappa shape index (κ3) is 3.27. The van der Waals surface area contributed by atoms with Crippen LogP contribution in [0.15, 0.2) is 24.3 Å². The number of hydrogen-bond acceptors (Lipinski definition) is 6. The molecule has 2 heterocycles. The highest BCUT2D eigenvalue weighted by molar-refractivity contribution is 8.06. The first-order chi connectivity index (χ1) is 9.83. The van der Waals surface area contributed by atoms with E-state index in [4.69, 9.17) is 0 Å². The number of benzene rings is 1. The predicted octanol–water partition coefficient (Wildman–Crippen LogP) is 2.23. The predicted molar refractivity (Wildman–Crippen MR) is 86.0 cm³/mol. The van der Waals surface area contributed by atoms with E-state index in [0.717, 1.165) is 12.2 Å². The van der Waals surface area contributed by atoms with Crippen molar-refractivity contribution < 1.29 is 0 Å². The maximum Gasteiger partial charge on any atom is 0.247 e. The number of nitrogens with zero attached hydrogens (tertiary/aromatic N) is 4. The van der Waals surface area contributed by atoms with Crippen LogP contribution in [0.1, 0.15) is 5.56 Å². The Hall–Kier alpha value is -1.21. The van der Waals surface area contributed by atoms with Gasteiger partial charge in [-0.3, -0.25) is 0 Å². The average Bonchev–Trinajstić information content (AvgIpc) is 2.95. The fraction of sp³-hybridized carbons (Fsp3) is 0.462. The summed E-state index contributed by atoms with van der Waals surface area (Å²) in [4.78, 5) is 0. The zero-order chi connectivity index (χ0) is 13.8. The van der Waals surface area contributed by atoms with Gasteiger partial charge in [0.05, 0.1) is 5.69 Å². The maximum absolute atomic E-state index is 4.07. The zero-order valence-corrected chi connectivity index (χ0v) is 13.0. The molecule has 1 N–H and O–H groups in total. The molecule has 0 radical (unpaired) electrons. The van der Waals surface area contributed by atoms with E-state index in [-0.39, 0.29) is 0 Å². The van der Waals surface area contributed by atoms with Gasteiger partial charge in [-0.1, -0.05) is 22.8 Å². The fourth-order valence-corrected chi connectivity index (χ4v) is 4.63. The molecule has 0 bridgehead atoms. The molecular formula is C13H17N5S2. The van der Waals surface area contributed by atoms with Crippen molar-refractivity contribution in [1.29, 1.82) is 0 Å². The van der Waals surface area contributed by atoms with Crippen molar-refractivity contribution >= 4 is 29.5 Å². The van der Waals surface area contributed by atoms with Crippen LogP contribution in [-0.4, -0.2) is 49.3 Å². The van der Waals surface area contributed by atoms with E-state index in [1.165, 1.54) is 22.8 Å². The Labute approximate surface area is 126 Å². The van der Waals surface area contributed by atoms with Crippen molar-refractivity contribution in [3.63, 3.8) is 0 Å². The van der Waals surface area contributed by atoms with Gasteiger partial charge in [-0.25, -0.2) is 0 Å². The van der Waals surface area contributed by atoms with Crippen LogP contribution in [0.25, 0.3) is 5.69 Å². The second-order valence-electron chi connectivity index (χ2n) is 4.70. The highest BCUT2D eigenvalue weighted by Gasteiger charge is 2.15. The van der Waals surface area contributed by atoms with Crippen LogP contribution in [-0.2, 0) is 0 Å². The number of aromatic nitrogens is 4. The minimum Gasteiger partial charge on any atom is -0.352 e. The Kier molecular flexibility index (Phi) is 4.47. The molecule has 0 spiro atoms. The molecule has 0 amide bonds. The van der Waals surface area contributed by atoms with Crippen LogP contribution in [0, 0.1) is 6.92 Å². The first kappa shape index (κ1) is 13.8. The van der Waals surface area contributed by atoms with Crippen molar-refractivity contribution in [2.75, 3.05) is 29.1 Å². The van der Waals surface area contributed by atoms with E-state index < -0.39 is 0 Å². The lowest BCUT2D eigenvalue weighted by Gasteiger charge is -2.21. The maximum atomic E-state index is 4.07. The minimum absolute atomic E-state index is 0.636. The van der Waals surface area contributed by atoms with Crippen LogP contribution >= 0.6 is 23.5 Å². The van der Waals surface area contributed by atoms with Gasteiger partial charge in [0, 0.05) is 29.1 Å². The molecule has 1 aromatic carbocycles. The van der Waals surface area contributed by atoms with Gasteiger partial charge in [-0.15, -0.1) is 0 Å². The lowest BCUT2D eigenvalue weighted by molar-refractivity contribution is 0.788. The molecule has 1 unspecified atom stereocenters. The van der Waals surface area contributed by atoms with Crippen molar-refractivity contribution in [2.45, 2.75) is 12.2 Å². The molecule has 20 heavy (non-hydrogen) atoms. The van der Waals surface area contributed by atoms with Gasteiger partial charge in [-0.05, 0) is 29.5 Å². The first-order valence-electron chi connectivity index (χ1n) is 6.61. The molecule has 7 heteroatoms. The summed E-state index contributed by atoms with van der Waals surface area (Å²) in [6.45, 7) is 2.98. The monoisotopic (exact) mass is 307 g/mol. The third-order valence-corrected chi connectivity index (χ3v) is 5.97. The van der Waals surface area contributed by atoms with E-state index in [2.05, 4.69) is 39.9 Å². The minimum atomic E-state index is 0.636. The second kappa shape index (κ2) is 6.49. The van der Waals surface area contributed by atoms with Gasteiger partial charge in [0.25, 0.3) is 0 Å². The fourth-order valence-electron chi connectivity index (χ4n) is 2.02. The summed E-state index contributed by atoms with van der Waals surface area (Å²) in [5.41, 5.74) is 2.21. The zero-order valence-electron chi connectivity index (χ0n) is 11.3. The van der Waals surface area contributed by atoms with E-state index in [9.17, 15) is 0 Å². The molecular weight excluding hydrogens is 290 g/mol. The van der Waals surface area contributed by atoms with E-state index in [1.54, 1.807) is 4.68 Å². The summed E-state index contributed by atoms with van der Waals surface area (Å²) in [7, 11) is 0. The number of thioether (sulfide) groups is 2. The highest BCUT2D eigenvalue weighted by Crippen LogP contribution is 2.24. The Morgan fingerprint density at radius 3 is 2.90 bits per heavy atom. The molecule has 2 aromatic rings. The summed E-state index contributed by atoms with van der Waals surface area (Å²) in [5.74, 6) is 4.41. The largest absolute Gasteiger partial charge is 0.352 e. The highest BCUT2D eigenvalue weighted by atomic mass is 32.2. The summed E-state index contributed by atoms with van der Waals surface area (Å²) in [6.07, 6.45) is 0. The van der Waals surface area contributed by atoms with Crippen LogP contribution < -0.4 is 5.32 Å². The molecule has 106 valence electrons. The number of hydrogen-bond donors (Lipinski definition) is 1. The van der Waals surface area contributed by atoms with E-state index >= 15 is 0 Å². The van der Waals surface area contributed by atoms with Crippen LogP contribution in [0.4, 0.5) is 5.95 Å². The molecule has 0 saturated carbocycles. The van der Waals surface area contributed by atoms with Gasteiger partial charge in [0.15, 0.2) is 0 Å². The number of aryl methyl sites for hydroxylation is 1.